The molecule has 0 aliphatic heterocycles. The summed E-state index contributed by atoms with van der Waals surface area (Å²) in [5.74, 6) is -0.322. The van der Waals surface area contributed by atoms with Crippen LogP contribution < -0.4 is 15.4 Å². The number of nitrogens with zero attached hydrogens (tertiary/aromatic N) is 3. The van der Waals surface area contributed by atoms with E-state index in [4.69, 9.17) is 11.6 Å². The summed E-state index contributed by atoms with van der Waals surface area (Å²) in [6.07, 6.45) is -4.76. The van der Waals surface area contributed by atoms with Gasteiger partial charge in [0, 0.05) is 21.7 Å². The molecule has 1 heterocycles. The summed E-state index contributed by atoms with van der Waals surface area (Å²) in [6, 6.07) is 12.2. The lowest BCUT2D eigenvalue weighted by Gasteiger charge is -2.17. The molecule has 33 heavy (non-hydrogen) atoms. The normalized spacial score (nSPS) is 11.7. The number of carbonyl (C=O) groups excluding carboxylic acids is 1. The molecule has 0 aliphatic rings. The van der Waals surface area contributed by atoms with E-state index in [0.717, 1.165) is 17.0 Å². The van der Waals surface area contributed by atoms with Crippen molar-refractivity contribution in [1.82, 2.24) is 15.0 Å². The van der Waals surface area contributed by atoms with Gasteiger partial charge in [-0.1, -0.05) is 20.8 Å². The zero-order valence-corrected chi connectivity index (χ0v) is 19.3. The molecule has 0 aliphatic carbocycles. The third kappa shape index (κ3) is 7.79. The summed E-state index contributed by atoms with van der Waals surface area (Å²) >= 11 is 7.22. The van der Waals surface area contributed by atoms with Crippen molar-refractivity contribution in [2.24, 2.45) is 5.41 Å². The molecule has 3 aromatic rings. The van der Waals surface area contributed by atoms with Gasteiger partial charge in [0.1, 0.15) is 5.75 Å². The molecule has 7 nitrogen and oxygen atoms in total. The Bertz CT molecular complexity index is 1120. The number of anilines is 3. The van der Waals surface area contributed by atoms with Gasteiger partial charge in [0.05, 0.1) is 0 Å². The highest BCUT2D eigenvalue weighted by atomic mass is 35.5. The van der Waals surface area contributed by atoms with Crippen LogP contribution in [0.1, 0.15) is 20.8 Å². The molecule has 0 spiro atoms. The van der Waals surface area contributed by atoms with E-state index in [1.165, 1.54) is 23.9 Å². The summed E-state index contributed by atoms with van der Waals surface area (Å²) in [6.45, 7) is 5.48. The second kappa shape index (κ2) is 9.84. The lowest BCUT2D eigenvalue weighted by molar-refractivity contribution is -0.274. The Morgan fingerprint density at radius 1 is 0.939 bits per heavy atom. The predicted octanol–water partition coefficient (Wildman–Crippen LogP) is 6.30. The van der Waals surface area contributed by atoms with Crippen molar-refractivity contribution in [3.63, 3.8) is 0 Å². The minimum atomic E-state index is -4.76. The van der Waals surface area contributed by atoms with Crippen molar-refractivity contribution in [2.75, 3.05) is 10.6 Å². The molecule has 0 radical (unpaired) electrons. The maximum Gasteiger partial charge on any atom is 0.573 e. The topological polar surface area (TPSA) is 89.0 Å². The Hall–Kier alpha value is -3.05. The van der Waals surface area contributed by atoms with Crippen LogP contribution in [-0.4, -0.2) is 27.2 Å². The van der Waals surface area contributed by atoms with Gasteiger partial charge in [-0.25, -0.2) is 0 Å². The second-order valence-corrected chi connectivity index (χ2v) is 9.12. The third-order valence-corrected chi connectivity index (χ3v) is 4.98. The van der Waals surface area contributed by atoms with Crippen molar-refractivity contribution in [3.05, 3.63) is 53.8 Å². The highest BCUT2D eigenvalue weighted by Crippen LogP contribution is 2.29. The van der Waals surface area contributed by atoms with E-state index in [-0.39, 0.29) is 22.9 Å². The quantitative estimate of drug-likeness (QED) is 0.413. The lowest BCUT2D eigenvalue weighted by atomic mass is 9.95. The second-order valence-electron chi connectivity index (χ2n) is 7.74. The summed E-state index contributed by atoms with van der Waals surface area (Å²) in [5, 5.41) is 5.96. The van der Waals surface area contributed by atoms with Gasteiger partial charge < -0.3 is 15.4 Å². The van der Waals surface area contributed by atoms with Gasteiger partial charge in [-0.3, -0.25) is 4.79 Å². The fourth-order valence-corrected chi connectivity index (χ4v) is 3.29. The maximum absolute atomic E-state index is 12.3. The first kappa shape index (κ1) is 24.6. The number of carbonyl (C=O) groups is 1. The Morgan fingerprint density at radius 3 is 2.12 bits per heavy atom. The average Bonchev–Trinajstić information content (AvgIpc) is 2.69. The minimum absolute atomic E-state index is 0.0546. The van der Waals surface area contributed by atoms with E-state index >= 15 is 0 Å². The average molecular weight is 498 g/mol. The monoisotopic (exact) mass is 497 g/mol. The van der Waals surface area contributed by atoms with Gasteiger partial charge in [0.15, 0.2) is 5.16 Å². The van der Waals surface area contributed by atoms with Gasteiger partial charge in [-0.05, 0) is 71.9 Å². The third-order valence-electron chi connectivity index (χ3n) is 3.93. The van der Waals surface area contributed by atoms with Crippen LogP contribution in [-0.2, 0) is 4.79 Å². The molecule has 0 fully saturated rings. The Labute approximate surface area is 197 Å². The van der Waals surface area contributed by atoms with E-state index in [1.807, 2.05) is 20.8 Å². The molecule has 2 aromatic carbocycles. The van der Waals surface area contributed by atoms with Crippen LogP contribution in [0.15, 0.2) is 58.6 Å². The van der Waals surface area contributed by atoms with Crippen LogP contribution in [0.5, 0.6) is 5.75 Å². The van der Waals surface area contributed by atoms with E-state index < -0.39 is 11.8 Å². The van der Waals surface area contributed by atoms with Crippen molar-refractivity contribution in [3.8, 4) is 5.75 Å². The zero-order valence-electron chi connectivity index (χ0n) is 17.7. The first-order valence-electron chi connectivity index (χ1n) is 9.51. The first-order valence-corrected chi connectivity index (χ1v) is 10.7. The lowest BCUT2D eigenvalue weighted by Crippen LogP contribution is -2.27. The molecule has 1 amide bonds. The molecule has 0 bridgehead atoms. The van der Waals surface area contributed by atoms with Gasteiger partial charge in [-0.15, -0.1) is 13.2 Å². The number of nitrogens with one attached hydrogen (secondary N) is 2. The van der Waals surface area contributed by atoms with Crippen LogP contribution in [0.25, 0.3) is 0 Å². The van der Waals surface area contributed by atoms with Crippen LogP contribution in [0.4, 0.5) is 30.5 Å². The number of halogens is 4. The smallest absolute Gasteiger partial charge is 0.406 e. The molecule has 1 aromatic heterocycles. The Morgan fingerprint density at radius 2 is 1.55 bits per heavy atom. The van der Waals surface area contributed by atoms with E-state index in [0.29, 0.717) is 16.5 Å². The highest BCUT2D eigenvalue weighted by Gasteiger charge is 2.31. The molecular formula is C21H19ClF3N5O2S. The number of benzene rings is 2. The van der Waals surface area contributed by atoms with Gasteiger partial charge in [0.25, 0.3) is 0 Å². The van der Waals surface area contributed by atoms with E-state index in [1.54, 1.807) is 24.3 Å². The molecule has 0 atom stereocenters. The SMILES string of the molecule is CC(C)(C)C(=O)Nc1ccc(Sc2nc(Cl)nc(Nc3ccc(OC(F)(F)F)cc3)n2)cc1. The Balaban J connectivity index is 1.67. The first-order chi connectivity index (χ1) is 15.4. The molecule has 174 valence electrons. The number of alkyl halides is 3. The van der Waals surface area contributed by atoms with Crippen LogP contribution in [0.3, 0.4) is 0 Å². The number of hydrogen-bond donors (Lipinski definition) is 2. The summed E-state index contributed by atoms with van der Waals surface area (Å²) < 4.78 is 40.7. The number of hydrogen-bond acceptors (Lipinski definition) is 7. The number of aromatic nitrogens is 3. The predicted molar refractivity (Wildman–Crippen MR) is 120 cm³/mol. The fraction of sp³-hybridized carbons (Fsp3) is 0.238. The van der Waals surface area contributed by atoms with Crippen LogP contribution in [0.2, 0.25) is 5.28 Å². The Kier molecular flexibility index (Phi) is 7.33. The van der Waals surface area contributed by atoms with Crippen LogP contribution >= 0.6 is 23.4 Å². The van der Waals surface area contributed by atoms with E-state index in [2.05, 4.69) is 30.3 Å². The highest BCUT2D eigenvalue weighted by molar-refractivity contribution is 7.99. The standard InChI is InChI=1S/C21H19ClF3N5O2S/c1-20(2,3)16(31)26-12-6-10-15(11-7-12)33-19-29-17(22)28-18(30-19)27-13-4-8-14(9-5-13)32-21(23,24)25/h4-11H,1-3H3,(H,26,31)(H,27,28,29,30). The number of rotatable bonds is 6. The van der Waals surface area contributed by atoms with Crippen molar-refractivity contribution >= 4 is 46.6 Å². The molecule has 3 rings (SSSR count). The molecule has 12 heteroatoms. The van der Waals surface area contributed by atoms with Gasteiger partial charge >= 0.3 is 6.36 Å². The zero-order chi connectivity index (χ0) is 24.2. The van der Waals surface area contributed by atoms with Crippen LogP contribution in [0, 0.1) is 5.41 Å². The summed E-state index contributed by atoms with van der Waals surface area (Å²) in [7, 11) is 0. The fourth-order valence-electron chi connectivity index (χ4n) is 2.33. The maximum atomic E-state index is 12.3. The molecule has 2 N–H and O–H groups in total. The molecular weight excluding hydrogens is 479 g/mol. The van der Waals surface area contributed by atoms with Gasteiger partial charge in [-0.2, -0.15) is 15.0 Å². The van der Waals surface area contributed by atoms with Crippen molar-refractivity contribution in [1.29, 1.82) is 0 Å². The number of ether oxygens (including phenoxy) is 1. The van der Waals surface area contributed by atoms with E-state index in [9.17, 15) is 18.0 Å². The summed E-state index contributed by atoms with van der Waals surface area (Å²) in [5.41, 5.74) is 0.583. The molecule has 0 saturated heterocycles. The van der Waals surface area contributed by atoms with Crippen molar-refractivity contribution < 1.29 is 22.7 Å². The number of amides is 1. The minimum Gasteiger partial charge on any atom is -0.406 e. The van der Waals surface area contributed by atoms with Crippen molar-refractivity contribution in [2.45, 2.75) is 37.2 Å². The largest absolute Gasteiger partial charge is 0.573 e. The van der Waals surface area contributed by atoms with Gasteiger partial charge in [0.2, 0.25) is 17.1 Å². The molecule has 0 unspecified atom stereocenters. The summed E-state index contributed by atoms with van der Waals surface area (Å²) in [4.78, 5) is 25.2. The molecule has 0 saturated carbocycles.